The Morgan fingerprint density at radius 2 is 1.11 bits per heavy atom. The van der Waals surface area contributed by atoms with Gasteiger partial charge in [-0.1, -0.05) is 87.3 Å². The predicted molar refractivity (Wildman–Crippen MR) is 178 cm³/mol. The second-order valence-corrected chi connectivity index (χ2v) is 14.9. The molecule has 45 heavy (non-hydrogen) atoms. The van der Waals surface area contributed by atoms with Gasteiger partial charge in [-0.25, -0.2) is 0 Å². The van der Waals surface area contributed by atoms with Crippen molar-refractivity contribution in [3.05, 3.63) is 57.6 Å². The van der Waals surface area contributed by atoms with E-state index in [1.807, 2.05) is 18.5 Å². The summed E-state index contributed by atoms with van der Waals surface area (Å²) in [5.41, 5.74) is 5.39. The van der Waals surface area contributed by atoms with Crippen molar-refractivity contribution in [3.63, 3.8) is 0 Å². The Hall–Kier alpha value is -3.17. The Balaban J connectivity index is 0.00000113. The van der Waals surface area contributed by atoms with Gasteiger partial charge >= 0.3 is 11.9 Å². The van der Waals surface area contributed by atoms with Gasteiger partial charge in [0.2, 0.25) is 0 Å². The van der Waals surface area contributed by atoms with E-state index in [1.54, 1.807) is 0 Å². The summed E-state index contributed by atoms with van der Waals surface area (Å²) >= 11 is 0. The van der Waals surface area contributed by atoms with Gasteiger partial charge in [0.15, 0.2) is 0 Å². The molecule has 1 saturated carbocycles. The number of hydrogen-bond donors (Lipinski definition) is 4. The number of phenolic OH excluding ortho intramolecular Hbond substituents is 2. The van der Waals surface area contributed by atoms with Crippen molar-refractivity contribution < 1.29 is 46.8 Å². The summed E-state index contributed by atoms with van der Waals surface area (Å²) in [6.07, 6.45) is 7.08. The smallest absolute Gasteiger partial charge is 0.314 e. The van der Waals surface area contributed by atoms with Crippen LogP contribution in [-0.2, 0) is 42.6 Å². The Morgan fingerprint density at radius 3 is 1.47 bits per heavy atom. The summed E-state index contributed by atoms with van der Waals surface area (Å²) in [5.74, 6) is -1.99. The van der Waals surface area contributed by atoms with Crippen LogP contribution in [0.25, 0.3) is 0 Å². The minimum Gasteiger partial charge on any atom is -0.507 e. The fourth-order valence-corrected chi connectivity index (χ4v) is 5.16. The number of aliphatic imine (C=N–C) groups is 2. The number of aliphatic carboxylic acids is 2. The molecule has 2 aromatic rings. The average molecular weight is 668 g/mol. The van der Waals surface area contributed by atoms with Crippen molar-refractivity contribution in [1.29, 1.82) is 0 Å². The minimum absolute atomic E-state index is 0. The van der Waals surface area contributed by atoms with Crippen LogP contribution in [0, 0.1) is 6.92 Å². The number of rotatable bonds is 6. The molecular weight excluding hydrogens is 615 g/mol. The maximum absolute atomic E-state index is 11.2. The van der Waals surface area contributed by atoms with Gasteiger partial charge in [0.05, 0.1) is 12.1 Å². The van der Waals surface area contributed by atoms with E-state index in [9.17, 15) is 19.8 Å². The molecule has 9 heteroatoms. The Bertz CT molecular complexity index is 1380. The van der Waals surface area contributed by atoms with Crippen LogP contribution in [0.2, 0.25) is 0 Å². The average Bonchev–Trinajstić information content (AvgIpc) is 2.86. The number of aromatic hydroxyl groups is 2. The molecule has 0 amide bonds. The molecule has 0 heterocycles. The van der Waals surface area contributed by atoms with Crippen molar-refractivity contribution in [2.45, 2.75) is 130 Å². The fourth-order valence-electron chi connectivity index (χ4n) is 5.16. The second kappa shape index (κ2) is 15.9. The molecule has 0 saturated heterocycles. The number of carboxylic acid groups (broad SMARTS) is 2. The second-order valence-electron chi connectivity index (χ2n) is 14.9. The molecule has 2 aromatic carbocycles. The SMILES string of the molecule is Cc1cc(C=NC2CCCCC2N=Cc2cc(C(C)(C)C)cc(C(C)(C)C)c2O)c(O)c(C(C)(C)C)c1.O=C(O)CC(=O)O.[Co]. The van der Waals surface area contributed by atoms with E-state index in [2.05, 4.69) is 87.4 Å². The fraction of sp³-hybridized carbons (Fsp3) is 0.556. The Kier molecular flexibility index (Phi) is 14.1. The van der Waals surface area contributed by atoms with E-state index in [1.165, 1.54) is 5.56 Å². The van der Waals surface area contributed by atoms with E-state index in [4.69, 9.17) is 20.2 Å². The maximum Gasteiger partial charge on any atom is 0.314 e. The molecule has 0 spiro atoms. The van der Waals surface area contributed by atoms with Gasteiger partial charge in [0.25, 0.3) is 0 Å². The summed E-state index contributed by atoms with van der Waals surface area (Å²) in [6.45, 7) is 21.4. The Labute approximate surface area is 279 Å². The quantitative estimate of drug-likeness (QED) is 0.184. The molecular formula is C36H52CoN2O6. The van der Waals surface area contributed by atoms with Gasteiger partial charge in [0, 0.05) is 51.5 Å². The first-order valence-corrected chi connectivity index (χ1v) is 15.3. The number of carbonyl (C=O) groups is 2. The molecule has 0 aromatic heterocycles. The van der Waals surface area contributed by atoms with Crippen molar-refractivity contribution in [3.8, 4) is 11.5 Å². The standard InChI is InChI=1S/C33H48N2O2.C3H4O4.Co/c1-21-15-22(29(36)25(16-21)32(5,6)7)19-34-27-13-11-12-14-28(27)35-20-23-17-24(31(2,3)4)18-26(30(23)37)33(8,9)10;4-2(5)1-3(6)7;/h15-20,27-28,36-37H,11-14H2,1-10H3;1H2,(H,4,5)(H,6,7);. The summed E-state index contributed by atoms with van der Waals surface area (Å²) in [6, 6.07) is 8.38. The minimum atomic E-state index is -1.31. The van der Waals surface area contributed by atoms with Crippen LogP contribution in [0.5, 0.6) is 11.5 Å². The van der Waals surface area contributed by atoms with Crippen molar-refractivity contribution >= 4 is 24.4 Å². The van der Waals surface area contributed by atoms with Gasteiger partial charge in [-0.05, 0) is 59.3 Å². The van der Waals surface area contributed by atoms with Crippen LogP contribution in [-0.4, -0.2) is 56.9 Å². The summed E-state index contributed by atoms with van der Waals surface area (Å²) < 4.78 is 0. The number of hydrogen-bond acceptors (Lipinski definition) is 6. The van der Waals surface area contributed by atoms with Gasteiger partial charge in [-0.3, -0.25) is 19.6 Å². The molecule has 3 rings (SSSR count). The summed E-state index contributed by atoms with van der Waals surface area (Å²) in [4.78, 5) is 28.8. The van der Waals surface area contributed by atoms with Gasteiger partial charge in [-0.2, -0.15) is 0 Å². The first-order chi connectivity index (χ1) is 20.1. The molecule has 1 aliphatic rings. The molecule has 251 valence electrons. The largest absolute Gasteiger partial charge is 0.507 e. The number of nitrogens with zero attached hydrogens (tertiary/aromatic N) is 2. The summed E-state index contributed by atoms with van der Waals surface area (Å²) in [7, 11) is 0. The van der Waals surface area contributed by atoms with E-state index in [0.29, 0.717) is 11.5 Å². The van der Waals surface area contributed by atoms with Gasteiger partial charge in [-0.15, -0.1) is 0 Å². The predicted octanol–water partition coefficient (Wildman–Crippen LogP) is 7.69. The molecule has 4 N–H and O–H groups in total. The molecule has 1 fully saturated rings. The molecule has 1 aliphatic carbocycles. The van der Waals surface area contributed by atoms with E-state index in [-0.39, 0.29) is 45.1 Å². The van der Waals surface area contributed by atoms with Crippen LogP contribution in [0.1, 0.15) is 128 Å². The van der Waals surface area contributed by atoms with E-state index < -0.39 is 18.4 Å². The molecule has 1 radical (unpaired) electrons. The first-order valence-electron chi connectivity index (χ1n) is 15.3. The van der Waals surface area contributed by atoms with Crippen molar-refractivity contribution in [1.82, 2.24) is 0 Å². The maximum atomic E-state index is 11.2. The Morgan fingerprint density at radius 1 is 0.711 bits per heavy atom. The molecule has 2 unspecified atom stereocenters. The zero-order valence-corrected chi connectivity index (χ0v) is 29.5. The number of aryl methyl sites for hydroxylation is 1. The molecule has 2 atom stereocenters. The summed E-state index contributed by atoms with van der Waals surface area (Å²) in [5, 5.41) is 37.5. The van der Waals surface area contributed by atoms with Crippen LogP contribution < -0.4 is 0 Å². The zero-order valence-electron chi connectivity index (χ0n) is 28.5. The first kappa shape index (κ1) is 39.9. The third-order valence-corrected chi connectivity index (χ3v) is 7.71. The number of benzene rings is 2. The van der Waals surface area contributed by atoms with Gasteiger partial charge in [0.1, 0.15) is 17.9 Å². The van der Waals surface area contributed by atoms with Crippen LogP contribution in [0.3, 0.4) is 0 Å². The number of phenols is 2. The molecule has 8 nitrogen and oxygen atoms in total. The topological polar surface area (TPSA) is 140 Å². The van der Waals surface area contributed by atoms with Gasteiger partial charge < -0.3 is 20.4 Å². The zero-order chi connectivity index (χ0) is 33.6. The normalized spacial score (nSPS) is 17.5. The third kappa shape index (κ3) is 11.9. The number of carboxylic acids is 2. The van der Waals surface area contributed by atoms with Crippen LogP contribution in [0.4, 0.5) is 0 Å². The van der Waals surface area contributed by atoms with E-state index >= 15 is 0 Å². The van der Waals surface area contributed by atoms with Crippen molar-refractivity contribution in [2.24, 2.45) is 9.98 Å². The van der Waals surface area contributed by atoms with Crippen molar-refractivity contribution in [2.75, 3.05) is 0 Å². The van der Waals surface area contributed by atoms with Crippen LogP contribution in [0.15, 0.2) is 34.3 Å². The molecule has 0 aliphatic heterocycles. The van der Waals surface area contributed by atoms with E-state index in [0.717, 1.165) is 53.5 Å². The van der Waals surface area contributed by atoms with Crippen LogP contribution >= 0.6 is 0 Å². The third-order valence-electron chi connectivity index (χ3n) is 7.71. The monoisotopic (exact) mass is 667 g/mol. The molecule has 0 bridgehead atoms.